The molecule has 0 N–H and O–H groups in total. The van der Waals surface area contributed by atoms with E-state index in [4.69, 9.17) is 0 Å². The molecule has 3 nitrogen and oxygen atoms in total. The van der Waals surface area contributed by atoms with Crippen molar-refractivity contribution in [3.05, 3.63) is 10.6 Å². The first-order valence-electron chi connectivity index (χ1n) is 6.37. The molecule has 4 heteroatoms. The number of likely N-dealkylation sites (tertiary alicyclic amines) is 1. The van der Waals surface area contributed by atoms with Crippen LogP contribution in [-0.4, -0.2) is 29.7 Å². The van der Waals surface area contributed by atoms with Crippen LogP contribution in [0.25, 0.3) is 0 Å². The lowest BCUT2D eigenvalue weighted by Gasteiger charge is -2.53. The van der Waals surface area contributed by atoms with Gasteiger partial charge in [0.1, 0.15) is 0 Å². The maximum Gasteiger partial charge on any atom is 0.219 e. The molecule has 1 heterocycles. The molecule has 18 heavy (non-hydrogen) atoms. The summed E-state index contributed by atoms with van der Waals surface area (Å²) in [6.45, 7) is 9.28. The predicted octanol–water partition coefficient (Wildman–Crippen LogP) is 2.75. The standard InChI is InChI=1S/C14H20BrNO2/c1-9(17)16-6-5-11-13(2,3)12(18)10(15)7-14(11,4)8-16/h7,11H,5-6,8H2,1-4H3/t11-,14+/m1/s1. The van der Waals surface area contributed by atoms with Crippen molar-refractivity contribution in [3.63, 3.8) is 0 Å². The molecule has 0 bridgehead atoms. The van der Waals surface area contributed by atoms with E-state index in [9.17, 15) is 9.59 Å². The Labute approximate surface area is 117 Å². The second-order valence-corrected chi connectivity index (χ2v) is 7.19. The topological polar surface area (TPSA) is 37.4 Å². The number of hydrogen-bond donors (Lipinski definition) is 0. The Morgan fingerprint density at radius 2 is 2.06 bits per heavy atom. The molecule has 1 aliphatic heterocycles. The molecule has 100 valence electrons. The largest absolute Gasteiger partial charge is 0.342 e. The third kappa shape index (κ3) is 1.94. The Morgan fingerprint density at radius 3 is 2.61 bits per heavy atom. The van der Waals surface area contributed by atoms with Crippen molar-refractivity contribution in [1.29, 1.82) is 0 Å². The molecule has 0 aromatic rings. The molecule has 0 radical (unpaired) electrons. The monoisotopic (exact) mass is 313 g/mol. The number of Topliss-reactive ketones (excluding diaryl/α,β-unsaturated/α-hetero) is 1. The van der Waals surface area contributed by atoms with Crippen molar-refractivity contribution < 1.29 is 9.59 Å². The van der Waals surface area contributed by atoms with Crippen LogP contribution < -0.4 is 0 Å². The van der Waals surface area contributed by atoms with Crippen molar-refractivity contribution in [3.8, 4) is 0 Å². The zero-order chi connectivity index (χ0) is 13.7. The van der Waals surface area contributed by atoms with Gasteiger partial charge in [0.25, 0.3) is 0 Å². The van der Waals surface area contributed by atoms with E-state index in [0.29, 0.717) is 16.9 Å². The Morgan fingerprint density at radius 1 is 1.44 bits per heavy atom. The summed E-state index contributed by atoms with van der Waals surface area (Å²) in [5.74, 6) is 0.601. The number of rotatable bonds is 0. The highest BCUT2D eigenvalue weighted by Gasteiger charge is 2.53. The maximum atomic E-state index is 12.3. The molecule has 0 unspecified atom stereocenters. The van der Waals surface area contributed by atoms with Gasteiger partial charge in [0.15, 0.2) is 5.78 Å². The summed E-state index contributed by atoms with van der Waals surface area (Å²) in [5, 5.41) is 0. The summed E-state index contributed by atoms with van der Waals surface area (Å²) in [6.07, 6.45) is 2.91. The summed E-state index contributed by atoms with van der Waals surface area (Å²) in [4.78, 5) is 25.7. The van der Waals surface area contributed by atoms with Gasteiger partial charge in [0.05, 0.1) is 4.48 Å². The molecule has 2 aliphatic rings. The van der Waals surface area contributed by atoms with Gasteiger partial charge in [0.2, 0.25) is 5.91 Å². The van der Waals surface area contributed by atoms with Gasteiger partial charge in [-0.1, -0.05) is 26.8 Å². The Hall–Kier alpha value is -0.640. The van der Waals surface area contributed by atoms with Crippen molar-refractivity contribution in [2.75, 3.05) is 13.1 Å². The van der Waals surface area contributed by atoms with Gasteiger partial charge in [-0.25, -0.2) is 0 Å². The first-order chi connectivity index (χ1) is 8.18. The molecular formula is C14H20BrNO2. The smallest absolute Gasteiger partial charge is 0.219 e. The van der Waals surface area contributed by atoms with Crippen LogP contribution in [-0.2, 0) is 9.59 Å². The highest BCUT2D eigenvalue weighted by Crippen LogP contribution is 2.52. The number of piperidine rings is 1. The summed E-state index contributed by atoms with van der Waals surface area (Å²) < 4.78 is 0.664. The summed E-state index contributed by atoms with van der Waals surface area (Å²) in [6, 6.07) is 0. The molecule has 0 saturated carbocycles. The minimum Gasteiger partial charge on any atom is -0.342 e. The van der Waals surface area contributed by atoms with E-state index in [0.717, 1.165) is 13.0 Å². The average molecular weight is 314 g/mol. The van der Waals surface area contributed by atoms with Gasteiger partial charge in [0, 0.05) is 30.8 Å². The number of allylic oxidation sites excluding steroid dienone is 1. The number of fused-ring (bicyclic) bond motifs is 1. The molecule has 1 aliphatic carbocycles. The number of ketones is 1. The number of carbonyl (C=O) groups excluding carboxylic acids is 2. The van der Waals surface area contributed by atoms with Crippen molar-refractivity contribution in [1.82, 2.24) is 4.90 Å². The summed E-state index contributed by atoms with van der Waals surface area (Å²) in [5.41, 5.74) is -0.467. The van der Waals surface area contributed by atoms with E-state index in [1.165, 1.54) is 0 Å². The SMILES string of the molecule is CC(=O)N1CC[C@@H]2C(C)(C)C(=O)C(Br)=C[C@@]2(C)C1. The van der Waals surface area contributed by atoms with E-state index < -0.39 is 0 Å². The highest BCUT2D eigenvalue weighted by molar-refractivity contribution is 9.12. The normalized spacial score (nSPS) is 34.9. The van der Waals surface area contributed by atoms with Gasteiger partial charge in [-0.15, -0.1) is 0 Å². The first-order valence-corrected chi connectivity index (χ1v) is 7.16. The second-order valence-electron chi connectivity index (χ2n) is 6.33. The summed E-state index contributed by atoms with van der Waals surface area (Å²) >= 11 is 3.39. The molecule has 1 fully saturated rings. The van der Waals surface area contributed by atoms with Gasteiger partial charge in [-0.3, -0.25) is 9.59 Å². The van der Waals surface area contributed by atoms with Gasteiger partial charge in [-0.05, 0) is 28.3 Å². The van der Waals surface area contributed by atoms with Crippen molar-refractivity contribution in [2.24, 2.45) is 16.7 Å². The molecule has 1 saturated heterocycles. The van der Waals surface area contributed by atoms with Gasteiger partial charge in [-0.2, -0.15) is 0 Å². The zero-order valence-corrected chi connectivity index (χ0v) is 13.0. The van der Waals surface area contributed by atoms with Crippen molar-refractivity contribution in [2.45, 2.75) is 34.1 Å². The third-order valence-electron chi connectivity index (χ3n) is 4.59. The number of nitrogens with zero attached hydrogens (tertiary/aromatic N) is 1. The molecule has 2 atom stereocenters. The van der Waals surface area contributed by atoms with E-state index in [2.05, 4.69) is 22.9 Å². The lowest BCUT2D eigenvalue weighted by molar-refractivity contribution is -0.139. The number of hydrogen-bond acceptors (Lipinski definition) is 2. The lowest BCUT2D eigenvalue weighted by atomic mass is 9.56. The highest BCUT2D eigenvalue weighted by atomic mass is 79.9. The second kappa shape index (κ2) is 4.19. The third-order valence-corrected chi connectivity index (χ3v) is 5.18. The van der Waals surface area contributed by atoms with Crippen LogP contribution in [0.15, 0.2) is 10.6 Å². The number of halogens is 1. The van der Waals surface area contributed by atoms with E-state index in [1.807, 2.05) is 24.8 Å². The Bertz CT molecular complexity index is 441. The van der Waals surface area contributed by atoms with E-state index in [1.54, 1.807) is 6.92 Å². The number of amides is 1. The number of carbonyl (C=O) groups is 2. The fourth-order valence-electron chi connectivity index (χ4n) is 3.64. The van der Waals surface area contributed by atoms with Crippen molar-refractivity contribution >= 4 is 27.6 Å². The fourth-order valence-corrected chi connectivity index (χ4v) is 4.67. The molecular weight excluding hydrogens is 294 g/mol. The minimum atomic E-state index is -0.356. The van der Waals surface area contributed by atoms with Crippen LogP contribution in [0.2, 0.25) is 0 Å². The van der Waals surface area contributed by atoms with Gasteiger partial charge < -0.3 is 4.90 Å². The minimum absolute atomic E-state index is 0.111. The zero-order valence-electron chi connectivity index (χ0n) is 11.4. The Kier molecular flexibility index (Phi) is 3.21. The molecule has 0 spiro atoms. The molecule has 0 aromatic heterocycles. The molecule has 1 amide bonds. The summed E-state index contributed by atoms with van der Waals surface area (Å²) in [7, 11) is 0. The van der Waals surface area contributed by atoms with Crippen LogP contribution in [0.1, 0.15) is 34.1 Å². The van der Waals surface area contributed by atoms with Crippen LogP contribution in [0.3, 0.4) is 0 Å². The molecule has 2 rings (SSSR count). The van der Waals surface area contributed by atoms with Crippen LogP contribution in [0, 0.1) is 16.7 Å². The van der Waals surface area contributed by atoms with E-state index in [-0.39, 0.29) is 22.5 Å². The molecule has 0 aromatic carbocycles. The average Bonchev–Trinajstić information content (AvgIpc) is 2.25. The predicted molar refractivity (Wildman–Crippen MR) is 74.3 cm³/mol. The fraction of sp³-hybridized carbons (Fsp3) is 0.714. The lowest BCUT2D eigenvalue weighted by Crippen LogP contribution is -2.56. The quantitative estimate of drug-likeness (QED) is 0.689. The van der Waals surface area contributed by atoms with Crippen LogP contribution in [0.5, 0.6) is 0 Å². The maximum absolute atomic E-state index is 12.3. The Balaban J connectivity index is 2.41. The first kappa shape index (κ1) is 13.8. The van der Waals surface area contributed by atoms with Crippen LogP contribution in [0.4, 0.5) is 0 Å². The van der Waals surface area contributed by atoms with Crippen LogP contribution >= 0.6 is 15.9 Å². The van der Waals surface area contributed by atoms with E-state index >= 15 is 0 Å². The van der Waals surface area contributed by atoms with Gasteiger partial charge >= 0.3 is 0 Å².